The van der Waals surface area contributed by atoms with Gasteiger partial charge in [0.05, 0.1) is 6.61 Å². The Morgan fingerprint density at radius 1 is 1.26 bits per heavy atom. The van der Waals surface area contributed by atoms with Crippen molar-refractivity contribution < 1.29 is 9.53 Å². The molecule has 1 saturated heterocycles. The van der Waals surface area contributed by atoms with E-state index in [0.717, 1.165) is 26.2 Å². The van der Waals surface area contributed by atoms with E-state index >= 15 is 0 Å². The summed E-state index contributed by atoms with van der Waals surface area (Å²) in [7, 11) is 1.72. The van der Waals surface area contributed by atoms with Crippen LogP contribution in [0.4, 0.5) is 4.79 Å². The zero-order chi connectivity index (χ0) is 14.6. The minimum Gasteiger partial charge on any atom is -0.383 e. The molecule has 1 rings (SSSR count). The van der Waals surface area contributed by atoms with Crippen molar-refractivity contribution in [1.82, 2.24) is 15.1 Å². The largest absolute Gasteiger partial charge is 0.383 e. The lowest BCUT2D eigenvalue weighted by Gasteiger charge is -2.44. The van der Waals surface area contributed by atoms with Crippen LogP contribution in [0, 0.1) is 0 Å². The van der Waals surface area contributed by atoms with Crippen molar-refractivity contribution in [3.63, 3.8) is 0 Å². The fourth-order valence-corrected chi connectivity index (χ4v) is 2.56. The lowest BCUT2D eigenvalue weighted by atomic mass is 10.1. The van der Waals surface area contributed by atoms with Crippen molar-refractivity contribution >= 4 is 6.03 Å². The molecule has 0 bridgehead atoms. The molecular weight excluding hydrogens is 242 g/mol. The first-order chi connectivity index (χ1) is 8.74. The first kappa shape index (κ1) is 16.2. The molecule has 0 aliphatic carbocycles. The highest BCUT2D eigenvalue weighted by Gasteiger charge is 2.32. The van der Waals surface area contributed by atoms with Crippen molar-refractivity contribution in [1.29, 1.82) is 0 Å². The minimum absolute atomic E-state index is 0.0394. The molecule has 112 valence electrons. The molecule has 1 fully saturated rings. The number of nitrogens with one attached hydrogen (secondary N) is 1. The first-order valence-electron chi connectivity index (χ1n) is 7.06. The Balaban J connectivity index is 2.56. The third-order valence-corrected chi connectivity index (χ3v) is 3.42. The van der Waals surface area contributed by atoms with Crippen LogP contribution in [0.25, 0.3) is 0 Å². The van der Waals surface area contributed by atoms with Gasteiger partial charge in [-0.15, -0.1) is 0 Å². The summed E-state index contributed by atoms with van der Waals surface area (Å²) in [6, 6.07) is 0.770. The Bertz CT molecular complexity index is 290. The van der Waals surface area contributed by atoms with Gasteiger partial charge >= 0.3 is 6.03 Å². The number of hydrogen-bond donors (Lipinski definition) is 1. The minimum atomic E-state index is -0.184. The first-order valence-corrected chi connectivity index (χ1v) is 7.06. The maximum Gasteiger partial charge on any atom is 0.317 e. The van der Waals surface area contributed by atoms with Crippen LogP contribution in [-0.2, 0) is 4.74 Å². The van der Waals surface area contributed by atoms with Gasteiger partial charge in [0.15, 0.2) is 0 Å². The number of methoxy groups -OCH3 is 1. The molecule has 5 nitrogen and oxygen atoms in total. The number of ether oxygens (including phenoxy) is 1. The molecule has 19 heavy (non-hydrogen) atoms. The molecule has 0 aromatic carbocycles. The average molecular weight is 271 g/mol. The second-order valence-electron chi connectivity index (χ2n) is 6.51. The quantitative estimate of drug-likeness (QED) is 0.847. The van der Waals surface area contributed by atoms with E-state index in [0.29, 0.717) is 12.1 Å². The predicted molar refractivity (Wildman–Crippen MR) is 77.4 cm³/mol. The number of hydrogen-bond acceptors (Lipinski definition) is 3. The number of amides is 2. The third kappa shape index (κ3) is 4.99. The molecule has 0 aromatic rings. The number of urea groups is 1. The highest BCUT2D eigenvalue weighted by molar-refractivity contribution is 5.75. The Morgan fingerprint density at radius 2 is 1.79 bits per heavy atom. The van der Waals surface area contributed by atoms with Crippen molar-refractivity contribution in [3.8, 4) is 0 Å². The van der Waals surface area contributed by atoms with Crippen molar-refractivity contribution in [3.05, 3.63) is 0 Å². The van der Waals surface area contributed by atoms with Crippen LogP contribution < -0.4 is 5.32 Å². The lowest BCUT2D eigenvalue weighted by molar-refractivity contribution is 0.0337. The molecule has 2 atom stereocenters. The average Bonchev–Trinajstić information content (AvgIpc) is 2.25. The van der Waals surface area contributed by atoms with E-state index in [2.05, 4.69) is 24.1 Å². The zero-order valence-electron chi connectivity index (χ0n) is 13.2. The van der Waals surface area contributed by atoms with Gasteiger partial charge in [-0.1, -0.05) is 0 Å². The van der Waals surface area contributed by atoms with Crippen molar-refractivity contribution in [2.75, 3.05) is 33.4 Å². The van der Waals surface area contributed by atoms with Gasteiger partial charge in [0.2, 0.25) is 0 Å². The van der Waals surface area contributed by atoms with Gasteiger partial charge < -0.3 is 15.0 Å². The molecule has 1 heterocycles. The third-order valence-electron chi connectivity index (χ3n) is 3.42. The van der Waals surface area contributed by atoms with Crippen LogP contribution in [0.5, 0.6) is 0 Å². The molecule has 0 aromatic heterocycles. The molecule has 0 saturated carbocycles. The van der Waals surface area contributed by atoms with Gasteiger partial charge in [0.1, 0.15) is 0 Å². The van der Waals surface area contributed by atoms with Gasteiger partial charge in [0.25, 0.3) is 0 Å². The zero-order valence-corrected chi connectivity index (χ0v) is 13.2. The Morgan fingerprint density at radius 3 is 2.21 bits per heavy atom. The fraction of sp³-hybridized carbons (Fsp3) is 0.929. The number of rotatable bonds is 3. The van der Waals surface area contributed by atoms with Crippen molar-refractivity contribution in [2.24, 2.45) is 0 Å². The highest BCUT2D eigenvalue weighted by Crippen LogP contribution is 2.16. The van der Waals surface area contributed by atoms with E-state index in [4.69, 9.17) is 4.74 Å². The number of carbonyl (C=O) groups excluding carboxylic acids is 1. The second-order valence-corrected chi connectivity index (χ2v) is 6.51. The van der Waals surface area contributed by atoms with Gasteiger partial charge in [0, 0.05) is 44.4 Å². The SMILES string of the molecule is COCCN1C(C)CN(C(=O)NC(C)(C)C)CC1C. The maximum atomic E-state index is 12.2. The number of piperazine rings is 1. The van der Waals surface area contributed by atoms with Crippen LogP contribution in [-0.4, -0.2) is 66.8 Å². The predicted octanol–water partition coefficient (Wildman–Crippen LogP) is 1.54. The molecule has 1 N–H and O–H groups in total. The van der Waals surface area contributed by atoms with E-state index in [9.17, 15) is 4.79 Å². The summed E-state index contributed by atoms with van der Waals surface area (Å²) in [5.41, 5.74) is -0.184. The van der Waals surface area contributed by atoms with Gasteiger partial charge in [-0.2, -0.15) is 0 Å². The Labute approximate surface area is 117 Å². The summed E-state index contributed by atoms with van der Waals surface area (Å²) in [6.45, 7) is 13.6. The summed E-state index contributed by atoms with van der Waals surface area (Å²) >= 11 is 0. The van der Waals surface area contributed by atoms with Crippen molar-refractivity contribution in [2.45, 2.75) is 52.2 Å². The van der Waals surface area contributed by atoms with E-state index in [1.807, 2.05) is 25.7 Å². The van der Waals surface area contributed by atoms with E-state index in [1.54, 1.807) is 7.11 Å². The molecule has 0 radical (unpaired) electrons. The van der Waals surface area contributed by atoms with Crippen LogP contribution in [0.2, 0.25) is 0 Å². The molecule has 5 heteroatoms. The number of nitrogens with zero attached hydrogens (tertiary/aromatic N) is 2. The smallest absolute Gasteiger partial charge is 0.317 e. The van der Waals surface area contributed by atoms with E-state index in [-0.39, 0.29) is 11.6 Å². The lowest BCUT2D eigenvalue weighted by Crippen LogP contribution is -2.61. The summed E-state index contributed by atoms with van der Waals surface area (Å²) in [4.78, 5) is 16.5. The monoisotopic (exact) mass is 271 g/mol. The molecular formula is C14H29N3O2. The van der Waals surface area contributed by atoms with Gasteiger partial charge in [-0.05, 0) is 34.6 Å². The summed E-state index contributed by atoms with van der Waals surface area (Å²) in [6.07, 6.45) is 0. The Kier molecular flexibility index (Phi) is 5.62. The molecule has 1 aliphatic heterocycles. The highest BCUT2D eigenvalue weighted by atomic mass is 16.5. The summed E-state index contributed by atoms with van der Waals surface area (Å²) in [5, 5.41) is 3.03. The number of carbonyl (C=O) groups is 1. The van der Waals surface area contributed by atoms with Crippen LogP contribution in [0.1, 0.15) is 34.6 Å². The second kappa shape index (κ2) is 6.57. The van der Waals surface area contributed by atoms with Crippen LogP contribution in [0.15, 0.2) is 0 Å². The normalized spacial score (nSPS) is 25.5. The molecule has 2 unspecified atom stereocenters. The summed E-state index contributed by atoms with van der Waals surface area (Å²) < 4.78 is 5.15. The summed E-state index contributed by atoms with van der Waals surface area (Å²) in [5.74, 6) is 0. The molecule has 1 aliphatic rings. The van der Waals surface area contributed by atoms with Crippen LogP contribution >= 0.6 is 0 Å². The van der Waals surface area contributed by atoms with Gasteiger partial charge in [-0.3, -0.25) is 4.90 Å². The van der Waals surface area contributed by atoms with Crippen LogP contribution in [0.3, 0.4) is 0 Å². The van der Waals surface area contributed by atoms with Gasteiger partial charge in [-0.25, -0.2) is 4.79 Å². The topological polar surface area (TPSA) is 44.8 Å². The van der Waals surface area contributed by atoms with E-state index in [1.165, 1.54) is 0 Å². The fourth-order valence-electron chi connectivity index (χ4n) is 2.56. The standard InChI is InChI=1S/C14H29N3O2/c1-11-9-16(13(18)15-14(3,4)5)10-12(2)17(11)7-8-19-6/h11-12H,7-10H2,1-6H3,(H,15,18). The maximum absolute atomic E-state index is 12.2. The molecule has 2 amide bonds. The Hall–Kier alpha value is -0.810. The molecule has 0 spiro atoms. The van der Waals surface area contributed by atoms with E-state index < -0.39 is 0 Å².